The van der Waals surface area contributed by atoms with Crippen LogP contribution >= 0.6 is 0 Å². The van der Waals surface area contributed by atoms with Gasteiger partial charge in [0.1, 0.15) is 0 Å². The van der Waals surface area contributed by atoms with E-state index in [1.165, 1.54) is 32.6 Å². The third kappa shape index (κ3) is 3.91. The molecule has 0 radical (unpaired) electrons. The lowest BCUT2D eigenvalue weighted by Gasteiger charge is -2.34. The van der Waals surface area contributed by atoms with Gasteiger partial charge in [-0.3, -0.25) is 4.90 Å². The van der Waals surface area contributed by atoms with Gasteiger partial charge in [-0.1, -0.05) is 0 Å². The summed E-state index contributed by atoms with van der Waals surface area (Å²) in [5.41, 5.74) is 5.94. The van der Waals surface area contributed by atoms with Crippen LogP contribution in [-0.2, 0) is 0 Å². The number of piperidine rings is 1. The first kappa shape index (κ1) is 13.3. The monoisotopic (exact) mass is 241 g/mol. The van der Waals surface area contributed by atoms with Gasteiger partial charge in [-0.2, -0.15) is 0 Å². The zero-order valence-electron chi connectivity index (χ0n) is 11.0. The van der Waals surface area contributed by atoms with E-state index in [-0.39, 0.29) is 6.10 Å². The molecule has 4 heteroatoms. The Morgan fingerprint density at radius 3 is 2.59 bits per heavy atom. The maximum atomic E-state index is 9.31. The number of nitrogens with zero attached hydrogens (tertiary/aromatic N) is 2. The summed E-state index contributed by atoms with van der Waals surface area (Å²) in [6.07, 6.45) is 4.34. The third-order valence-electron chi connectivity index (χ3n) is 4.20. The number of nitrogens with two attached hydrogens (primary N) is 1. The van der Waals surface area contributed by atoms with E-state index < -0.39 is 0 Å². The molecule has 0 bridgehead atoms. The molecule has 0 saturated carbocycles. The van der Waals surface area contributed by atoms with Crippen molar-refractivity contribution in [3.05, 3.63) is 0 Å². The Labute approximate surface area is 105 Å². The molecule has 0 aromatic heterocycles. The van der Waals surface area contributed by atoms with Crippen molar-refractivity contribution in [2.75, 3.05) is 32.7 Å². The van der Waals surface area contributed by atoms with Gasteiger partial charge in [0.25, 0.3) is 0 Å². The molecule has 2 atom stereocenters. The van der Waals surface area contributed by atoms with Gasteiger partial charge in [-0.05, 0) is 52.2 Å². The molecule has 0 aromatic rings. The van der Waals surface area contributed by atoms with Crippen LogP contribution in [0.1, 0.15) is 32.6 Å². The minimum absolute atomic E-state index is 0.165. The van der Waals surface area contributed by atoms with Crippen molar-refractivity contribution in [1.29, 1.82) is 0 Å². The third-order valence-corrected chi connectivity index (χ3v) is 4.20. The second kappa shape index (κ2) is 6.14. The van der Waals surface area contributed by atoms with Crippen LogP contribution in [0.3, 0.4) is 0 Å². The molecule has 2 rings (SSSR count). The van der Waals surface area contributed by atoms with Crippen molar-refractivity contribution in [2.45, 2.75) is 50.8 Å². The predicted octanol–water partition coefficient (Wildman–Crippen LogP) is 0.255. The number of likely N-dealkylation sites (tertiary alicyclic amines) is 2. The predicted molar refractivity (Wildman–Crippen MR) is 69.9 cm³/mol. The van der Waals surface area contributed by atoms with Crippen LogP contribution in [0, 0.1) is 0 Å². The second-order valence-electron chi connectivity index (χ2n) is 5.75. The van der Waals surface area contributed by atoms with Crippen molar-refractivity contribution >= 4 is 0 Å². The van der Waals surface area contributed by atoms with E-state index in [1.54, 1.807) is 0 Å². The summed E-state index contributed by atoms with van der Waals surface area (Å²) < 4.78 is 0. The molecule has 2 aliphatic rings. The largest absolute Gasteiger partial charge is 0.393 e. The lowest BCUT2D eigenvalue weighted by atomic mass is 10.0. The Balaban J connectivity index is 1.70. The van der Waals surface area contributed by atoms with E-state index in [0.717, 1.165) is 31.8 Å². The zero-order valence-corrected chi connectivity index (χ0v) is 11.0. The first-order valence-corrected chi connectivity index (χ1v) is 7.05. The Bertz CT molecular complexity index is 227. The smallest absolute Gasteiger partial charge is 0.0524 e. The molecule has 0 aliphatic carbocycles. The van der Waals surface area contributed by atoms with Gasteiger partial charge >= 0.3 is 0 Å². The number of hydrogen-bond donors (Lipinski definition) is 2. The quantitative estimate of drug-likeness (QED) is 0.741. The molecule has 2 unspecified atom stereocenters. The van der Waals surface area contributed by atoms with Crippen LogP contribution in [-0.4, -0.2) is 65.8 Å². The topological polar surface area (TPSA) is 52.7 Å². The highest BCUT2D eigenvalue weighted by Crippen LogP contribution is 2.20. The van der Waals surface area contributed by atoms with E-state index in [0.29, 0.717) is 6.04 Å². The normalized spacial score (nSPS) is 30.9. The number of hydrogen-bond acceptors (Lipinski definition) is 4. The zero-order chi connectivity index (χ0) is 12.3. The van der Waals surface area contributed by atoms with Crippen LogP contribution in [0.5, 0.6) is 0 Å². The fourth-order valence-electron chi connectivity index (χ4n) is 2.97. The van der Waals surface area contributed by atoms with Gasteiger partial charge in [0, 0.05) is 25.2 Å². The SMILES string of the molecule is CC(O)CCN1CCC(N2CCC(N)CC2)C1. The Morgan fingerprint density at radius 1 is 1.24 bits per heavy atom. The lowest BCUT2D eigenvalue weighted by molar-refractivity contribution is 0.141. The van der Waals surface area contributed by atoms with Gasteiger partial charge < -0.3 is 15.7 Å². The molecule has 2 aliphatic heterocycles. The molecule has 17 heavy (non-hydrogen) atoms. The van der Waals surface area contributed by atoms with Gasteiger partial charge in [-0.15, -0.1) is 0 Å². The Hall–Kier alpha value is -0.160. The van der Waals surface area contributed by atoms with E-state index >= 15 is 0 Å². The number of rotatable bonds is 4. The molecule has 3 N–H and O–H groups in total. The molecule has 0 spiro atoms. The highest BCUT2D eigenvalue weighted by molar-refractivity contribution is 4.86. The van der Waals surface area contributed by atoms with Crippen molar-refractivity contribution in [2.24, 2.45) is 5.73 Å². The maximum absolute atomic E-state index is 9.31. The van der Waals surface area contributed by atoms with Gasteiger partial charge in [0.2, 0.25) is 0 Å². The van der Waals surface area contributed by atoms with Gasteiger partial charge in [0.05, 0.1) is 6.10 Å². The maximum Gasteiger partial charge on any atom is 0.0524 e. The molecule has 4 nitrogen and oxygen atoms in total. The van der Waals surface area contributed by atoms with Gasteiger partial charge in [-0.25, -0.2) is 0 Å². The summed E-state index contributed by atoms with van der Waals surface area (Å²) >= 11 is 0. The van der Waals surface area contributed by atoms with Crippen LogP contribution < -0.4 is 5.73 Å². The molecule has 2 fully saturated rings. The summed E-state index contributed by atoms with van der Waals surface area (Å²) in [5.74, 6) is 0. The molecular formula is C13H27N3O. The van der Waals surface area contributed by atoms with Crippen molar-refractivity contribution < 1.29 is 5.11 Å². The van der Waals surface area contributed by atoms with Gasteiger partial charge in [0.15, 0.2) is 0 Å². The molecule has 2 heterocycles. The van der Waals surface area contributed by atoms with Crippen molar-refractivity contribution in [3.8, 4) is 0 Å². The van der Waals surface area contributed by atoms with E-state index in [2.05, 4.69) is 9.80 Å². The fraction of sp³-hybridized carbons (Fsp3) is 1.00. The fourth-order valence-corrected chi connectivity index (χ4v) is 2.97. The average molecular weight is 241 g/mol. The highest BCUT2D eigenvalue weighted by atomic mass is 16.3. The Morgan fingerprint density at radius 2 is 1.94 bits per heavy atom. The highest BCUT2D eigenvalue weighted by Gasteiger charge is 2.29. The average Bonchev–Trinajstić information content (AvgIpc) is 2.76. The Kier molecular flexibility index (Phi) is 4.79. The lowest BCUT2D eigenvalue weighted by Crippen LogP contribution is -2.46. The molecule has 0 amide bonds. The molecular weight excluding hydrogens is 214 g/mol. The number of aliphatic hydroxyl groups excluding tert-OH is 1. The summed E-state index contributed by atoms with van der Waals surface area (Å²) in [6.45, 7) is 7.65. The first-order valence-electron chi connectivity index (χ1n) is 7.05. The summed E-state index contributed by atoms with van der Waals surface area (Å²) in [4.78, 5) is 5.11. The summed E-state index contributed by atoms with van der Waals surface area (Å²) in [5, 5.41) is 9.31. The molecule has 100 valence electrons. The van der Waals surface area contributed by atoms with Crippen LogP contribution in [0.15, 0.2) is 0 Å². The van der Waals surface area contributed by atoms with E-state index in [1.807, 2.05) is 6.92 Å². The van der Waals surface area contributed by atoms with E-state index in [4.69, 9.17) is 5.73 Å². The minimum atomic E-state index is -0.165. The molecule has 2 saturated heterocycles. The van der Waals surface area contributed by atoms with Crippen molar-refractivity contribution in [1.82, 2.24) is 9.80 Å². The van der Waals surface area contributed by atoms with E-state index in [9.17, 15) is 5.11 Å². The van der Waals surface area contributed by atoms with Crippen LogP contribution in [0.25, 0.3) is 0 Å². The van der Waals surface area contributed by atoms with Crippen LogP contribution in [0.4, 0.5) is 0 Å². The second-order valence-corrected chi connectivity index (χ2v) is 5.75. The number of aliphatic hydroxyl groups is 1. The summed E-state index contributed by atoms with van der Waals surface area (Å²) in [6, 6.07) is 1.16. The van der Waals surface area contributed by atoms with Crippen LogP contribution in [0.2, 0.25) is 0 Å². The minimum Gasteiger partial charge on any atom is -0.393 e. The molecule has 0 aromatic carbocycles. The first-order chi connectivity index (χ1) is 8.15. The van der Waals surface area contributed by atoms with Crippen molar-refractivity contribution in [3.63, 3.8) is 0 Å². The summed E-state index contributed by atoms with van der Waals surface area (Å²) in [7, 11) is 0. The standard InChI is InChI=1S/C13H27N3O/c1-11(17)2-6-15-7-5-13(10-15)16-8-3-12(14)4-9-16/h11-13,17H,2-10,14H2,1H3.